The molecule has 6 heteroatoms. The van der Waals surface area contributed by atoms with E-state index in [9.17, 15) is 4.79 Å². The summed E-state index contributed by atoms with van der Waals surface area (Å²) in [5, 5.41) is 3.04. The van der Waals surface area contributed by atoms with Gasteiger partial charge in [-0.2, -0.15) is 0 Å². The second kappa shape index (κ2) is 7.96. The van der Waals surface area contributed by atoms with Crippen molar-refractivity contribution >= 4 is 11.7 Å². The summed E-state index contributed by atoms with van der Waals surface area (Å²) in [6.07, 6.45) is 5.95. The highest BCUT2D eigenvalue weighted by molar-refractivity contribution is 5.89. The van der Waals surface area contributed by atoms with Crippen LogP contribution in [0.3, 0.4) is 0 Å². The van der Waals surface area contributed by atoms with Crippen molar-refractivity contribution in [2.75, 3.05) is 32.1 Å². The molecule has 142 valence electrons. The van der Waals surface area contributed by atoms with Crippen molar-refractivity contribution in [2.24, 2.45) is 5.92 Å². The van der Waals surface area contributed by atoms with Crippen molar-refractivity contribution in [1.29, 1.82) is 0 Å². The van der Waals surface area contributed by atoms with Gasteiger partial charge in [0.05, 0.1) is 7.11 Å². The molecule has 2 aromatic rings. The first-order valence-corrected chi connectivity index (χ1v) is 9.54. The summed E-state index contributed by atoms with van der Waals surface area (Å²) < 4.78 is 5.25. The zero-order chi connectivity index (χ0) is 18.6. The lowest BCUT2D eigenvalue weighted by Crippen LogP contribution is -2.49. The highest BCUT2D eigenvalue weighted by Crippen LogP contribution is 2.29. The van der Waals surface area contributed by atoms with Gasteiger partial charge < -0.3 is 15.0 Å². The van der Waals surface area contributed by atoms with E-state index in [0.717, 1.165) is 44.0 Å². The number of nitrogens with zero attached hydrogens (tertiary/aromatic N) is 3. The number of carbonyl (C=O) groups excluding carboxylic acids is 1. The van der Waals surface area contributed by atoms with E-state index < -0.39 is 0 Å². The van der Waals surface area contributed by atoms with E-state index in [1.54, 1.807) is 7.11 Å². The van der Waals surface area contributed by atoms with Crippen LogP contribution in [0.2, 0.25) is 0 Å². The molecule has 0 unspecified atom stereocenters. The number of pyridine rings is 1. The van der Waals surface area contributed by atoms with Gasteiger partial charge in [-0.3, -0.25) is 9.88 Å². The van der Waals surface area contributed by atoms with Crippen molar-refractivity contribution in [2.45, 2.75) is 25.4 Å². The van der Waals surface area contributed by atoms with Crippen LogP contribution in [0.4, 0.5) is 10.5 Å². The first kappa shape index (κ1) is 17.8. The molecule has 1 N–H and O–H groups in total. The monoisotopic (exact) mass is 366 g/mol. The lowest BCUT2D eigenvalue weighted by Gasteiger charge is -2.36. The Labute approximate surface area is 160 Å². The van der Waals surface area contributed by atoms with E-state index in [4.69, 9.17) is 4.74 Å². The SMILES string of the molecule is COc1cccc(NC(=O)N2C[C@H]3CC[C@@H]2CN(Cc2ccncc2)C3)c1. The Hall–Kier alpha value is -2.60. The van der Waals surface area contributed by atoms with Crippen molar-refractivity contribution in [3.8, 4) is 5.75 Å². The summed E-state index contributed by atoms with van der Waals surface area (Å²) in [4.78, 5) is 21.5. The Kier molecular flexibility index (Phi) is 5.25. The van der Waals surface area contributed by atoms with E-state index in [-0.39, 0.29) is 12.1 Å². The fraction of sp³-hybridized carbons (Fsp3) is 0.429. The van der Waals surface area contributed by atoms with E-state index in [1.165, 1.54) is 12.0 Å². The molecule has 0 saturated carbocycles. The summed E-state index contributed by atoms with van der Waals surface area (Å²) in [5.41, 5.74) is 2.05. The lowest BCUT2D eigenvalue weighted by molar-refractivity contribution is 0.151. The predicted molar refractivity (Wildman–Crippen MR) is 105 cm³/mol. The molecule has 2 amide bonds. The molecule has 3 fully saturated rings. The van der Waals surface area contributed by atoms with Crippen molar-refractivity contribution in [1.82, 2.24) is 14.8 Å². The number of nitrogens with one attached hydrogen (secondary N) is 1. The largest absolute Gasteiger partial charge is 0.497 e. The summed E-state index contributed by atoms with van der Waals surface area (Å²) in [6.45, 7) is 3.71. The molecule has 0 radical (unpaired) electrons. The second-order valence-corrected chi connectivity index (χ2v) is 7.46. The normalized spacial score (nSPS) is 22.3. The van der Waals surface area contributed by atoms with Gasteiger partial charge in [-0.1, -0.05) is 6.07 Å². The molecule has 2 atom stereocenters. The van der Waals surface area contributed by atoms with Crippen LogP contribution in [-0.2, 0) is 6.54 Å². The van der Waals surface area contributed by atoms with Gasteiger partial charge in [0.25, 0.3) is 0 Å². The minimum Gasteiger partial charge on any atom is -0.497 e. The number of amides is 2. The number of urea groups is 1. The van der Waals surface area contributed by atoms with Crippen molar-refractivity contribution in [3.05, 3.63) is 54.4 Å². The topological polar surface area (TPSA) is 57.7 Å². The number of aromatic nitrogens is 1. The van der Waals surface area contributed by atoms with Gasteiger partial charge in [0.15, 0.2) is 0 Å². The second-order valence-electron chi connectivity index (χ2n) is 7.46. The Morgan fingerprint density at radius 3 is 2.85 bits per heavy atom. The van der Waals surface area contributed by atoms with Gasteiger partial charge in [-0.05, 0) is 48.6 Å². The van der Waals surface area contributed by atoms with Gasteiger partial charge in [-0.25, -0.2) is 4.79 Å². The summed E-state index contributed by atoms with van der Waals surface area (Å²) in [6, 6.07) is 11.9. The molecule has 1 aromatic carbocycles. The van der Waals surface area contributed by atoms with Crippen LogP contribution >= 0.6 is 0 Å². The van der Waals surface area contributed by atoms with Gasteiger partial charge in [0, 0.05) is 56.4 Å². The number of rotatable bonds is 4. The van der Waals surface area contributed by atoms with Gasteiger partial charge in [-0.15, -0.1) is 0 Å². The molecule has 0 aliphatic carbocycles. The average Bonchev–Trinajstić information content (AvgIpc) is 2.99. The van der Waals surface area contributed by atoms with Gasteiger partial charge in [0.1, 0.15) is 5.75 Å². The van der Waals surface area contributed by atoms with Gasteiger partial charge >= 0.3 is 6.03 Å². The third-order valence-corrected chi connectivity index (χ3v) is 5.53. The van der Waals surface area contributed by atoms with E-state index in [0.29, 0.717) is 5.92 Å². The Bertz CT molecular complexity index is 783. The molecule has 4 heterocycles. The van der Waals surface area contributed by atoms with Crippen LogP contribution in [0.15, 0.2) is 48.8 Å². The molecular weight excluding hydrogens is 340 g/mol. The molecule has 1 aromatic heterocycles. The highest BCUT2D eigenvalue weighted by atomic mass is 16.5. The molecule has 3 aliphatic heterocycles. The molecule has 3 saturated heterocycles. The third kappa shape index (κ3) is 4.22. The minimum absolute atomic E-state index is 0.0104. The zero-order valence-corrected chi connectivity index (χ0v) is 15.7. The van der Waals surface area contributed by atoms with Crippen LogP contribution < -0.4 is 10.1 Å². The van der Waals surface area contributed by atoms with E-state index in [2.05, 4.69) is 27.3 Å². The average molecular weight is 366 g/mol. The van der Waals surface area contributed by atoms with Crippen molar-refractivity contribution < 1.29 is 9.53 Å². The number of benzene rings is 1. The fourth-order valence-corrected chi connectivity index (χ4v) is 4.20. The van der Waals surface area contributed by atoms with Crippen LogP contribution in [0, 0.1) is 5.92 Å². The maximum Gasteiger partial charge on any atom is 0.322 e. The fourth-order valence-electron chi connectivity index (χ4n) is 4.20. The van der Waals surface area contributed by atoms with Crippen LogP contribution in [0.5, 0.6) is 5.75 Å². The third-order valence-electron chi connectivity index (χ3n) is 5.53. The highest BCUT2D eigenvalue weighted by Gasteiger charge is 2.37. The van der Waals surface area contributed by atoms with E-state index in [1.807, 2.05) is 41.6 Å². The lowest BCUT2D eigenvalue weighted by atomic mass is 9.95. The zero-order valence-electron chi connectivity index (χ0n) is 15.7. The molecular formula is C21H26N4O2. The maximum absolute atomic E-state index is 12.9. The molecule has 27 heavy (non-hydrogen) atoms. The number of hydrogen-bond donors (Lipinski definition) is 1. The number of methoxy groups -OCH3 is 1. The number of carbonyl (C=O) groups is 1. The molecule has 2 bridgehead atoms. The quantitative estimate of drug-likeness (QED) is 0.903. The number of hydrogen-bond acceptors (Lipinski definition) is 4. The van der Waals surface area contributed by atoms with E-state index >= 15 is 0 Å². The Morgan fingerprint density at radius 1 is 1.19 bits per heavy atom. The Balaban J connectivity index is 1.43. The molecule has 6 nitrogen and oxygen atoms in total. The first-order chi connectivity index (χ1) is 13.2. The first-order valence-electron chi connectivity index (χ1n) is 9.54. The number of anilines is 1. The molecule has 3 aliphatic rings. The standard InChI is InChI=1S/C21H26N4O2/c1-27-20-4-2-3-18(11-20)23-21(26)25-14-17-5-6-19(25)15-24(13-17)12-16-7-9-22-10-8-16/h2-4,7-11,17,19H,5-6,12-15H2,1H3,(H,23,26)/t17-,19+/m0/s1. The summed E-state index contributed by atoms with van der Waals surface area (Å²) >= 11 is 0. The van der Waals surface area contributed by atoms with Gasteiger partial charge in [0.2, 0.25) is 0 Å². The number of fused-ring (bicyclic) bond motifs is 4. The van der Waals surface area contributed by atoms with Crippen LogP contribution in [0.25, 0.3) is 0 Å². The Morgan fingerprint density at radius 2 is 2.04 bits per heavy atom. The number of ether oxygens (including phenoxy) is 1. The summed E-state index contributed by atoms with van der Waals surface area (Å²) in [5.74, 6) is 1.27. The molecule has 5 rings (SSSR count). The minimum atomic E-state index is -0.0104. The number of piperidine rings is 1. The van der Waals surface area contributed by atoms with Crippen LogP contribution in [-0.4, -0.2) is 53.6 Å². The summed E-state index contributed by atoms with van der Waals surface area (Å²) in [7, 11) is 1.63. The smallest absolute Gasteiger partial charge is 0.322 e. The van der Waals surface area contributed by atoms with Crippen molar-refractivity contribution in [3.63, 3.8) is 0 Å². The van der Waals surface area contributed by atoms with Crippen LogP contribution in [0.1, 0.15) is 18.4 Å². The molecule has 0 spiro atoms. The maximum atomic E-state index is 12.9. The predicted octanol–water partition coefficient (Wildman–Crippen LogP) is 3.22.